The van der Waals surface area contributed by atoms with E-state index in [0.29, 0.717) is 18.7 Å². The van der Waals surface area contributed by atoms with Crippen molar-refractivity contribution >= 4 is 36.8 Å². The zero-order chi connectivity index (χ0) is 18.7. The van der Waals surface area contributed by atoms with Gasteiger partial charge in [-0.05, 0) is 57.6 Å². The maximum atomic E-state index is 14.3. The van der Waals surface area contributed by atoms with Gasteiger partial charge in [0.2, 0.25) is 0 Å². The van der Waals surface area contributed by atoms with Crippen LogP contribution in [0.2, 0.25) is 0 Å². The summed E-state index contributed by atoms with van der Waals surface area (Å²) in [6.07, 6.45) is 1.75. The Morgan fingerprint density at radius 1 is 1.18 bits per heavy atom. The minimum Gasteiger partial charge on any atom is -0.322 e. The number of nitrogens with zero attached hydrogens (tertiary/aromatic N) is 2. The number of rotatable bonds is 6. The van der Waals surface area contributed by atoms with Crippen molar-refractivity contribution in [2.75, 3.05) is 40.3 Å². The average molecular weight is 435 g/mol. The number of nitrogens with one attached hydrogen (secondary N) is 2. The fourth-order valence-electron chi connectivity index (χ4n) is 3.95. The summed E-state index contributed by atoms with van der Waals surface area (Å²) in [6, 6.07) is 6.12. The standard InChI is InChI=1S/C19H27FN4O2.2ClH/c1-23(2)11-12-24-17(25)19(22-18(24)26,15-7-9-21-10-8-15)13-14-5-3-4-6-16(14)20;;/h3-6,15,21H,7-13H2,1-2H3,(H,22,26);2*1H. The van der Waals surface area contributed by atoms with Crippen LogP contribution in [-0.4, -0.2) is 67.6 Å². The first-order valence-electron chi connectivity index (χ1n) is 9.17. The summed E-state index contributed by atoms with van der Waals surface area (Å²) in [5, 5.41) is 6.25. The summed E-state index contributed by atoms with van der Waals surface area (Å²) in [6.45, 7) is 2.53. The molecule has 3 rings (SSSR count). The van der Waals surface area contributed by atoms with Crippen LogP contribution in [0.15, 0.2) is 24.3 Å². The summed E-state index contributed by atoms with van der Waals surface area (Å²) in [5.74, 6) is -0.571. The van der Waals surface area contributed by atoms with Gasteiger partial charge in [0, 0.05) is 19.5 Å². The Morgan fingerprint density at radius 2 is 1.82 bits per heavy atom. The zero-order valence-corrected chi connectivity index (χ0v) is 17.9. The van der Waals surface area contributed by atoms with Crippen molar-refractivity contribution in [1.29, 1.82) is 0 Å². The summed E-state index contributed by atoms with van der Waals surface area (Å²) in [4.78, 5) is 29.2. The summed E-state index contributed by atoms with van der Waals surface area (Å²) >= 11 is 0. The topological polar surface area (TPSA) is 64.7 Å². The van der Waals surface area contributed by atoms with E-state index in [2.05, 4.69) is 10.6 Å². The van der Waals surface area contributed by atoms with Crippen molar-refractivity contribution in [3.63, 3.8) is 0 Å². The van der Waals surface area contributed by atoms with E-state index in [1.807, 2.05) is 19.0 Å². The number of carbonyl (C=O) groups excluding carboxylic acids is 2. The van der Waals surface area contributed by atoms with Gasteiger partial charge in [-0.3, -0.25) is 9.69 Å². The molecule has 0 radical (unpaired) electrons. The van der Waals surface area contributed by atoms with E-state index in [-0.39, 0.29) is 54.9 Å². The van der Waals surface area contributed by atoms with Gasteiger partial charge < -0.3 is 15.5 Å². The van der Waals surface area contributed by atoms with Crippen molar-refractivity contribution < 1.29 is 14.0 Å². The van der Waals surface area contributed by atoms with Crippen molar-refractivity contribution in [3.05, 3.63) is 35.6 Å². The lowest BCUT2D eigenvalue weighted by atomic mass is 9.74. The Morgan fingerprint density at radius 3 is 2.43 bits per heavy atom. The Balaban J connectivity index is 0.00000196. The lowest BCUT2D eigenvalue weighted by Crippen LogP contribution is -2.57. The highest BCUT2D eigenvalue weighted by Gasteiger charge is 2.55. The number of hydrogen-bond acceptors (Lipinski definition) is 4. The lowest BCUT2D eigenvalue weighted by Gasteiger charge is -2.38. The molecule has 2 heterocycles. The highest BCUT2D eigenvalue weighted by atomic mass is 35.5. The van der Waals surface area contributed by atoms with E-state index in [1.54, 1.807) is 18.2 Å². The molecule has 1 atom stereocenters. The molecule has 9 heteroatoms. The maximum Gasteiger partial charge on any atom is 0.325 e. The van der Waals surface area contributed by atoms with E-state index in [9.17, 15) is 14.0 Å². The van der Waals surface area contributed by atoms with E-state index >= 15 is 0 Å². The van der Waals surface area contributed by atoms with Crippen LogP contribution < -0.4 is 10.6 Å². The maximum absolute atomic E-state index is 14.3. The molecular formula is C19H29Cl2FN4O2. The SMILES string of the molecule is CN(C)CCN1C(=O)NC(Cc2ccccc2F)(C2CCNCC2)C1=O.Cl.Cl. The first-order valence-corrected chi connectivity index (χ1v) is 9.17. The molecule has 0 saturated carbocycles. The number of carbonyl (C=O) groups is 2. The quantitative estimate of drug-likeness (QED) is 0.672. The number of hydrogen-bond donors (Lipinski definition) is 2. The molecular weight excluding hydrogens is 406 g/mol. The van der Waals surface area contributed by atoms with Crippen LogP contribution in [-0.2, 0) is 11.2 Å². The fraction of sp³-hybridized carbons (Fsp3) is 0.579. The summed E-state index contributed by atoms with van der Waals surface area (Å²) < 4.78 is 14.3. The lowest BCUT2D eigenvalue weighted by molar-refractivity contribution is -0.133. The molecule has 1 unspecified atom stereocenters. The molecule has 2 N–H and O–H groups in total. The third-order valence-corrected chi connectivity index (χ3v) is 5.44. The second-order valence-electron chi connectivity index (χ2n) is 7.45. The normalized spacial score (nSPS) is 22.6. The van der Waals surface area contributed by atoms with E-state index in [4.69, 9.17) is 0 Å². The van der Waals surface area contributed by atoms with Gasteiger partial charge in [-0.25, -0.2) is 9.18 Å². The molecule has 158 valence electrons. The first kappa shape index (κ1) is 24.6. The molecule has 3 amide bonds. The Labute approximate surface area is 178 Å². The minimum atomic E-state index is -1.06. The highest BCUT2D eigenvalue weighted by Crippen LogP contribution is 2.35. The summed E-state index contributed by atoms with van der Waals surface area (Å²) in [7, 11) is 3.80. The van der Waals surface area contributed by atoms with Crippen molar-refractivity contribution in [2.24, 2.45) is 5.92 Å². The Bertz CT molecular complexity index is 686. The van der Waals surface area contributed by atoms with Crippen LogP contribution in [0, 0.1) is 11.7 Å². The number of amides is 3. The van der Waals surface area contributed by atoms with Crippen molar-refractivity contribution in [3.8, 4) is 0 Å². The monoisotopic (exact) mass is 434 g/mol. The number of imide groups is 1. The van der Waals surface area contributed by atoms with Gasteiger partial charge in [0.05, 0.1) is 0 Å². The van der Waals surface area contributed by atoms with Gasteiger partial charge in [-0.2, -0.15) is 0 Å². The van der Waals surface area contributed by atoms with Gasteiger partial charge >= 0.3 is 6.03 Å². The van der Waals surface area contributed by atoms with Crippen molar-refractivity contribution in [1.82, 2.24) is 20.4 Å². The van der Waals surface area contributed by atoms with Crippen LogP contribution in [0.5, 0.6) is 0 Å². The van der Waals surface area contributed by atoms with Gasteiger partial charge in [-0.15, -0.1) is 24.8 Å². The van der Waals surface area contributed by atoms with Gasteiger partial charge in [-0.1, -0.05) is 18.2 Å². The first-order chi connectivity index (χ1) is 12.4. The average Bonchev–Trinajstić information content (AvgIpc) is 2.87. The minimum absolute atomic E-state index is 0. The third kappa shape index (κ3) is 4.95. The number of urea groups is 1. The van der Waals surface area contributed by atoms with Crippen LogP contribution in [0.4, 0.5) is 9.18 Å². The van der Waals surface area contributed by atoms with Crippen LogP contribution in [0.25, 0.3) is 0 Å². The molecule has 0 aliphatic carbocycles. The largest absolute Gasteiger partial charge is 0.325 e. The second-order valence-corrected chi connectivity index (χ2v) is 7.45. The predicted octanol–water partition coefficient (Wildman–Crippen LogP) is 2.06. The van der Waals surface area contributed by atoms with E-state index < -0.39 is 5.54 Å². The molecule has 2 aliphatic rings. The smallest absolute Gasteiger partial charge is 0.322 e. The van der Waals surface area contributed by atoms with E-state index in [1.165, 1.54) is 11.0 Å². The number of piperidine rings is 1. The molecule has 1 aromatic carbocycles. The molecule has 0 aromatic heterocycles. The van der Waals surface area contributed by atoms with Gasteiger partial charge in [0.15, 0.2) is 0 Å². The highest BCUT2D eigenvalue weighted by molar-refractivity contribution is 6.07. The Hall–Kier alpha value is -1.41. The van der Waals surface area contributed by atoms with Crippen LogP contribution in [0.3, 0.4) is 0 Å². The van der Waals surface area contributed by atoms with Crippen LogP contribution >= 0.6 is 24.8 Å². The van der Waals surface area contributed by atoms with E-state index in [0.717, 1.165) is 25.9 Å². The fourth-order valence-corrected chi connectivity index (χ4v) is 3.95. The molecule has 0 bridgehead atoms. The molecule has 2 fully saturated rings. The number of benzene rings is 1. The number of likely N-dealkylation sites (N-methyl/N-ethyl adjacent to an activating group) is 1. The van der Waals surface area contributed by atoms with Crippen LogP contribution in [0.1, 0.15) is 18.4 Å². The number of halogens is 3. The molecule has 0 spiro atoms. The van der Waals surface area contributed by atoms with Crippen molar-refractivity contribution in [2.45, 2.75) is 24.8 Å². The third-order valence-electron chi connectivity index (χ3n) is 5.44. The Kier molecular flexibility index (Phi) is 9.14. The van der Waals surface area contributed by atoms with Gasteiger partial charge in [0.1, 0.15) is 11.4 Å². The molecule has 2 saturated heterocycles. The summed E-state index contributed by atoms with van der Waals surface area (Å²) in [5.41, 5.74) is -0.595. The predicted molar refractivity (Wildman–Crippen MR) is 112 cm³/mol. The zero-order valence-electron chi connectivity index (χ0n) is 16.2. The second kappa shape index (κ2) is 10.4. The van der Waals surface area contributed by atoms with Gasteiger partial charge in [0.25, 0.3) is 5.91 Å². The molecule has 6 nitrogen and oxygen atoms in total. The molecule has 2 aliphatic heterocycles. The molecule has 28 heavy (non-hydrogen) atoms. The molecule has 1 aromatic rings.